The second-order valence-electron chi connectivity index (χ2n) is 6.10. The zero-order chi connectivity index (χ0) is 17.6. The van der Waals surface area contributed by atoms with E-state index in [1.165, 1.54) is 6.08 Å². The number of nitrogens with zero attached hydrogens (tertiary/aromatic N) is 3. The van der Waals surface area contributed by atoms with Gasteiger partial charge in [0.05, 0.1) is 18.5 Å². The first-order valence-electron chi connectivity index (χ1n) is 8.67. The average Bonchev–Trinajstić information content (AvgIpc) is 3.03. The van der Waals surface area contributed by atoms with Crippen LogP contribution >= 0.6 is 0 Å². The first kappa shape index (κ1) is 17.4. The van der Waals surface area contributed by atoms with Crippen molar-refractivity contribution >= 4 is 28.7 Å². The van der Waals surface area contributed by atoms with Crippen molar-refractivity contribution in [2.24, 2.45) is 5.73 Å². The average molecular weight is 343 g/mol. The largest absolute Gasteiger partial charge is 0.380 e. The number of primary amides is 1. The van der Waals surface area contributed by atoms with Crippen LogP contribution in [0.25, 0.3) is 17.1 Å². The number of hydrogen-bond donors (Lipinski definition) is 2. The molecular weight excluding hydrogens is 318 g/mol. The van der Waals surface area contributed by atoms with Crippen LogP contribution in [0.2, 0.25) is 0 Å². The number of carbonyl (C=O) groups is 1. The third-order valence-electron chi connectivity index (χ3n) is 4.47. The predicted octanol–water partition coefficient (Wildman–Crippen LogP) is 1.22. The quantitative estimate of drug-likeness (QED) is 0.583. The molecule has 3 rings (SSSR count). The smallest absolute Gasteiger partial charge is 0.241 e. The number of hydrogen-bond acceptors (Lipinski definition) is 5. The highest BCUT2D eigenvalue weighted by atomic mass is 16.5. The maximum atomic E-state index is 11.0. The molecule has 0 saturated carbocycles. The minimum Gasteiger partial charge on any atom is -0.380 e. The fourth-order valence-electron chi connectivity index (χ4n) is 3.06. The molecule has 0 bridgehead atoms. The van der Waals surface area contributed by atoms with Gasteiger partial charge in [-0.3, -0.25) is 9.69 Å². The van der Waals surface area contributed by atoms with Gasteiger partial charge in [-0.15, -0.1) is 0 Å². The molecule has 0 aromatic carbocycles. The number of fused-ring (bicyclic) bond motifs is 1. The fourth-order valence-corrected chi connectivity index (χ4v) is 3.06. The third-order valence-corrected chi connectivity index (χ3v) is 4.47. The summed E-state index contributed by atoms with van der Waals surface area (Å²) in [6, 6.07) is 2.12. The zero-order valence-electron chi connectivity index (χ0n) is 14.6. The second-order valence-corrected chi connectivity index (χ2v) is 6.10. The Balaban J connectivity index is 1.68. The van der Waals surface area contributed by atoms with Crippen LogP contribution in [0.4, 0.5) is 5.69 Å². The van der Waals surface area contributed by atoms with Gasteiger partial charge in [-0.05, 0) is 19.1 Å². The normalized spacial score (nSPS) is 16.1. The van der Waals surface area contributed by atoms with Crippen molar-refractivity contribution in [3.05, 3.63) is 30.1 Å². The summed E-state index contributed by atoms with van der Waals surface area (Å²) in [5.74, 6) is -0.457. The Labute approximate surface area is 147 Å². The highest BCUT2D eigenvalue weighted by Crippen LogP contribution is 2.24. The van der Waals surface area contributed by atoms with E-state index in [-0.39, 0.29) is 0 Å². The lowest BCUT2D eigenvalue weighted by atomic mass is 10.2. The van der Waals surface area contributed by atoms with E-state index in [2.05, 4.69) is 25.8 Å². The van der Waals surface area contributed by atoms with Gasteiger partial charge in [-0.2, -0.15) is 0 Å². The molecule has 1 saturated heterocycles. The molecule has 0 spiro atoms. The van der Waals surface area contributed by atoms with Crippen LogP contribution in [0, 0.1) is 0 Å². The number of anilines is 1. The number of aromatic nitrogens is 2. The van der Waals surface area contributed by atoms with Crippen LogP contribution in [0.5, 0.6) is 0 Å². The molecule has 2 aromatic rings. The molecule has 3 N–H and O–H groups in total. The van der Waals surface area contributed by atoms with E-state index in [9.17, 15) is 4.79 Å². The van der Waals surface area contributed by atoms with Crippen molar-refractivity contribution in [2.75, 3.05) is 50.8 Å². The summed E-state index contributed by atoms with van der Waals surface area (Å²) in [5.41, 5.74) is 8.01. The standard InChI is InChI=1S/C18H25N5O2/c1-2-25-10-9-22-5-7-23(8-6-22)15-11-16-14(3-4-17(19)24)12-20-18(16)21-13-15/h3-4,11-13H,2,5-10H2,1H3,(H2,19,24)(H,20,21). The molecular formula is C18H25N5O2. The summed E-state index contributed by atoms with van der Waals surface area (Å²) in [6.07, 6.45) is 6.83. The molecule has 134 valence electrons. The lowest BCUT2D eigenvalue weighted by Crippen LogP contribution is -2.47. The van der Waals surface area contributed by atoms with E-state index in [4.69, 9.17) is 10.5 Å². The number of piperazine rings is 1. The Morgan fingerprint density at radius 1 is 1.40 bits per heavy atom. The van der Waals surface area contributed by atoms with Gasteiger partial charge in [0, 0.05) is 62.6 Å². The molecule has 0 unspecified atom stereocenters. The molecule has 1 aliphatic heterocycles. The number of rotatable bonds is 7. The number of aromatic amines is 1. The van der Waals surface area contributed by atoms with E-state index in [1.54, 1.807) is 6.08 Å². The zero-order valence-corrected chi connectivity index (χ0v) is 14.6. The molecule has 1 amide bonds. The molecule has 1 aliphatic rings. The summed E-state index contributed by atoms with van der Waals surface area (Å²) < 4.78 is 5.43. The molecule has 2 aromatic heterocycles. The first-order valence-corrected chi connectivity index (χ1v) is 8.67. The third kappa shape index (κ3) is 4.37. The predicted molar refractivity (Wildman–Crippen MR) is 99.5 cm³/mol. The van der Waals surface area contributed by atoms with E-state index in [0.717, 1.165) is 68.2 Å². The molecule has 0 atom stereocenters. The molecule has 0 radical (unpaired) electrons. The minimum atomic E-state index is -0.457. The molecule has 7 nitrogen and oxygen atoms in total. The topological polar surface area (TPSA) is 87.5 Å². The van der Waals surface area contributed by atoms with Gasteiger partial charge in [0.15, 0.2) is 0 Å². The van der Waals surface area contributed by atoms with Crippen LogP contribution in [0.1, 0.15) is 12.5 Å². The number of carbonyl (C=O) groups excluding carboxylic acids is 1. The summed E-state index contributed by atoms with van der Waals surface area (Å²) in [4.78, 5) is 23.4. The Bertz CT molecular complexity index is 747. The van der Waals surface area contributed by atoms with E-state index < -0.39 is 5.91 Å². The van der Waals surface area contributed by atoms with Crippen molar-refractivity contribution in [3.8, 4) is 0 Å². The summed E-state index contributed by atoms with van der Waals surface area (Å²) in [6.45, 7) is 8.55. The van der Waals surface area contributed by atoms with Gasteiger partial charge in [-0.25, -0.2) is 4.98 Å². The van der Waals surface area contributed by atoms with Crippen molar-refractivity contribution in [2.45, 2.75) is 6.92 Å². The van der Waals surface area contributed by atoms with Gasteiger partial charge in [0.1, 0.15) is 5.65 Å². The second kappa shape index (κ2) is 8.13. The fraction of sp³-hybridized carbons (Fsp3) is 0.444. The van der Waals surface area contributed by atoms with E-state index in [1.807, 2.05) is 19.3 Å². The molecule has 1 fully saturated rings. The molecule has 3 heterocycles. The van der Waals surface area contributed by atoms with Gasteiger partial charge in [0.2, 0.25) is 5.91 Å². The highest BCUT2D eigenvalue weighted by molar-refractivity contribution is 5.95. The molecule has 7 heteroatoms. The van der Waals surface area contributed by atoms with Crippen molar-refractivity contribution in [1.29, 1.82) is 0 Å². The maximum Gasteiger partial charge on any atom is 0.241 e. The van der Waals surface area contributed by atoms with Crippen LogP contribution in [0.3, 0.4) is 0 Å². The van der Waals surface area contributed by atoms with Crippen LogP contribution < -0.4 is 10.6 Å². The number of amides is 1. The van der Waals surface area contributed by atoms with Crippen LogP contribution in [-0.4, -0.2) is 66.7 Å². The number of nitrogens with two attached hydrogens (primary N) is 1. The number of pyridine rings is 1. The van der Waals surface area contributed by atoms with Crippen molar-refractivity contribution in [3.63, 3.8) is 0 Å². The Morgan fingerprint density at radius 2 is 2.20 bits per heavy atom. The van der Waals surface area contributed by atoms with Gasteiger partial charge >= 0.3 is 0 Å². The minimum absolute atomic E-state index is 0.457. The maximum absolute atomic E-state index is 11.0. The van der Waals surface area contributed by atoms with Gasteiger partial charge in [-0.1, -0.05) is 0 Å². The Morgan fingerprint density at radius 3 is 2.92 bits per heavy atom. The van der Waals surface area contributed by atoms with E-state index in [0.29, 0.717) is 0 Å². The first-order chi connectivity index (χ1) is 12.2. The monoisotopic (exact) mass is 343 g/mol. The lowest BCUT2D eigenvalue weighted by Gasteiger charge is -2.35. The Hall–Kier alpha value is -2.38. The van der Waals surface area contributed by atoms with Crippen molar-refractivity contribution < 1.29 is 9.53 Å². The van der Waals surface area contributed by atoms with Crippen LogP contribution in [0.15, 0.2) is 24.5 Å². The van der Waals surface area contributed by atoms with Crippen LogP contribution in [-0.2, 0) is 9.53 Å². The van der Waals surface area contributed by atoms with Gasteiger partial charge < -0.3 is 20.4 Å². The van der Waals surface area contributed by atoms with Gasteiger partial charge in [0.25, 0.3) is 0 Å². The molecule has 0 aliphatic carbocycles. The van der Waals surface area contributed by atoms with Crippen molar-refractivity contribution in [1.82, 2.24) is 14.9 Å². The SMILES string of the molecule is CCOCCN1CCN(c2cnc3[nH]cc(C=CC(N)=O)c3c2)CC1. The molecule has 25 heavy (non-hydrogen) atoms. The summed E-state index contributed by atoms with van der Waals surface area (Å²) >= 11 is 0. The number of H-pyrrole nitrogens is 1. The lowest BCUT2D eigenvalue weighted by molar-refractivity contribution is -0.113. The number of ether oxygens (including phenoxy) is 1. The highest BCUT2D eigenvalue weighted by Gasteiger charge is 2.18. The Kier molecular flexibility index (Phi) is 5.67. The van der Waals surface area contributed by atoms with E-state index >= 15 is 0 Å². The summed E-state index contributed by atoms with van der Waals surface area (Å²) in [5, 5.41) is 0.994. The summed E-state index contributed by atoms with van der Waals surface area (Å²) in [7, 11) is 0. The number of nitrogens with one attached hydrogen (secondary N) is 1.